The molecule has 0 saturated heterocycles. The van der Waals surface area contributed by atoms with E-state index in [1.165, 1.54) is 12.3 Å². The van der Waals surface area contributed by atoms with E-state index >= 15 is 0 Å². The number of pyridine rings is 2. The standard InChI is InChI=1S/C13H9BrF3N3O2/c14-9-2-3-10(18-5-9)19-11(21)7-20-6-8(13(15,16)17)1-4-12(20)22/h1-6H,7H2,(H,18,19,21). The van der Waals surface area contributed by atoms with Crippen LogP contribution < -0.4 is 10.9 Å². The first kappa shape index (κ1) is 16.2. The van der Waals surface area contributed by atoms with Crippen molar-refractivity contribution in [2.24, 2.45) is 0 Å². The summed E-state index contributed by atoms with van der Waals surface area (Å²) < 4.78 is 39.2. The van der Waals surface area contributed by atoms with Crippen LogP contribution in [0, 0.1) is 0 Å². The van der Waals surface area contributed by atoms with Gasteiger partial charge in [0.15, 0.2) is 0 Å². The van der Waals surface area contributed by atoms with Crippen LogP contribution in [0.3, 0.4) is 0 Å². The number of hydrogen-bond donors (Lipinski definition) is 1. The zero-order valence-corrected chi connectivity index (χ0v) is 12.5. The molecule has 9 heteroatoms. The van der Waals surface area contributed by atoms with Crippen LogP contribution in [0.2, 0.25) is 0 Å². The molecule has 0 saturated carbocycles. The van der Waals surface area contributed by atoms with Crippen molar-refractivity contribution in [3.63, 3.8) is 0 Å². The van der Waals surface area contributed by atoms with Gasteiger partial charge in [-0.15, -0.1) is 0 Å². The van der Waals surface area contributed by atoms with Crippen LogP contribution in [0.4, 0.5) is 19.0 Å². The number of carbonyl (C=O) groups is 1. The predicted octanol–water partition coefficient (Wildman–Crippen LogP) is 2.66. The Kier molecular flexibility index (Phi) is 4.65. The van der Waals surface area contributed by atoms with Crippen molar-refractivity contribution in [3.8, 4) is 0 Å². The van der Waals surface area contributed by atoms with Gasteiger partial charge in [0.05, 0.1) is 5.56 Å². The molecular weight excluding hydrogens is 367 g/mol. The largest absolute Gasteiger partial charge is 0.417 e. The lowest BCUT2D eigenvalue weighted by atomic mass is 10.3. The molecule has 0 radical (unpaired) electrons. The molecule has 0 spiro atoms. The van der Waals surface area contributed by atoms with Gasteiger partial charge in [0.2, 0.25) is 5.91 Å². The molecule has 0 bridgehead atoms. The summed E-state index contributed by atoms with van der Waals surface area (Å²) in [6.45, 7) is -0.541. The van der Waals surface area contributed by atoms with Gasteiger partial charge in [-0.1, -0.05) is 0 Å². The number of nitrogens with one attached hydrogen (secondary N) is 1. The van der Waals surface area contributed by atoms with Gasteiger partial charge >= 0.3 is 6.18 Å². The maximum atomic E-state index is 12.6. The Morgan fingerprint density at radius 2 is 2.00 bits per heavy atom. The van der Waals surface area contributed by atoms with E-state index in [9.17, 15) is 22.8 Å². The highest BCUT2D eigenvalue weighted by Gasteiger charge is 2.31. The van der Waals surface area contributed by atoms with Crippen LogP contribution >= 0.6 is 15.9 Å². The summed E-state index contributed by atoms with van der Waals surface area (Å²) in [5.41, 5.74) is -1.70. The normalized spacial score (nSPS) is 11.3. The van der Waals surface area contributed by atoms with Crippen LogP contribution in [0.1, 0.15) is 5.56 Å². The molecule has 2 aromatic heterocycles. The summed E-state index contributed by atoms with van der Waals surface area (Å²) in [6.07, 6.45) is -2.53. The molecule has 0 atom stereocenters. The molecule has 116 valence electrons. The molecule has 2 aromatic rings. The first-order valence-corrected chi connectivity index (χ1v) is 6.74. The average Bonchev–Trinajstić information content (AvgIpc) is 2.42. The molecule has 0 aliphatic heterocycles. The molecule has 2 rings (SSSR count). The minimum Gasteiger partial charge on any atom is -0.309 e. The summed E-state index contributed by atoms with van der Waals surface area (Å²) in [7, 11) is 0. The van der Waals surface area contributed by atoms with E-state index in [2.05, 4.69) is 26.2 Å². The van der Waals surface area contributed by atoms with E-state index < -0.39 is 29.8 Å². The monoisotopic (exact) mass is 375 g/mol. The van der Waals surface area contributed by atoms with Gasteiger partial charge in [0.1, 0.15) is 12.4 Å². The molecular formula is C13H9BrF3N3O2. The Labute approximate surface area is 130 Å². The Bertz CT molecular complexity index is 741. The Morgan fingerprint density at radius 3 is 2.59 bits per heavy atom. The first-order chi connectivity index (χ1) is 10.3. The van der Waals surface area contributed by atoms with Crippen LogP contribution in [0.5, 0.6) is 0 Å². The van der Waals surface area contributed by atoms with E-state index in [0.29, 0.717) is 21.3 Å². The van der Waals surface area contributed by atoms with Crippen molar-refractivity contribution in [3.05, 3.63) is 57.0 Å². The lowest BCUT2D eigenvalue weighted by Gasteiger charge is -2.10. The second kappa shape index (κ2) is 6.30. The molecule has 22 heavy (non-hydrogen) atoms. The molecule has 0 aliphatic carbocycles. The summed E-state index contributed by atoms with van der Waals surface area (Å²) in [4.78, 5) is 27.2. The van der Waals surface area contributed by atoms with Gasteiger partial charge in [0.25, 0.3) is 5.56 Å². The van der Waals surface area contributed by atoms with E-state index in [1.54, 1.807) is 6.07 Å². The van der Waals surface area contributed by atoms with Gasteiger partial charge in [0, 0.05) is 22.9 Å². The quantitative estimate of drug-likeness (QED) is 0.896. The molecule has 0 unspecified atom stereocenters. The van der Waals surface area contributed by atoms with Gasteiger partial charge in [-0.3, -0.25) is 9.59 Å². The molecule has 2 heterocycles. The third-order valence-corrected chi connectivity index (χ3v) is 3.09. The van der Waals surface area contributed by atoms with E-state index in [-0.39, 0.29) is 5.82 Å². The fraction of sp³-hybridized carbons (Fsp3) is 0.154. The smallest absolute Gasteiger partial charge is 0.309 e. The van der Waals surface area contributed by atoms with E-state index in [1.807, 2.05) is 0 Å². The minimum absolute atomic E-state index is 0.230. The first-order valence-electron chi connectivity index (χ1n) is 5.95. The molecule has 0 aromatic carbocycles. The molecule has 0 fully saturated rings. The number of hydrogen-bond acceptors (Lipinski definition) is 3. The average molecular weight is 376 g/mol. The highest BCUT2D eigenvalue weighted by molar-refractivity contribution is 9.10. The lowest BCUT2D eigenvalue weighted by Crippen LogP contribution is -2.28. The van der Waals surface area contributed by atoms with Crippen molar-refractivity contribution in [2.45, 2.75) is 12.7 Å². The molecule has 1 amide bonds. The topological polar surface area (TPSA) is 64.0 Å². The SMILES string of the molecule is O=C(Cn1cc(C(F)(F)F)ccc1=O)Nc1ccc(Br)cn1. The Morgan fingerprint density at radius 1 is 1.27 bits per heavy atom. The summed E-state index contributed by atoms with van der Waals surface area (Å²) >= 11 is 3.17. The number of amides is 1. The molecule has 1 N–H and O–H groups in total. The molecule has 5 nitrogen and oxygen atoms in total. The van der Waals surface area contributed by atoms with Gasteiger partial charge in [-0.05, 0) is 34.1 Å². The fourth-order valence-electron chi connectivity index (χ4n) is 1.61. The zero-order valence-electron chi connectivity index (χ0n) is 10.9. The fourth-order valence-corrected chi connectivity index (χ4v) is 1.84. The van der Waals surface area contributed by atoms with Crippen LogP contribution in [-0.4, -0.2) is 15.5 Å². The summed E-state index contributed by atoms with van der Waals surface area (Å²) in [6, 6.07) is 4.59. The summed E-state index contributed by atoms with van der Waals surface area (Å²) in [5, 5.41) is 2.39. The van der Waals surface area contributed by atoms with Crippen LogP contribution in [0.25, 0.3) is 0 Å². The molecule has 0 aliphatic rings. The number of carbonyl (C=O) groups excluding carboxylic acids is 1. The maximum Gasteiger partial charge on any atom is 0.417 e. The number of aromatic nitrogens is 2. The second-order valence-electron chi connectivity index (χ2n) is 4.29. The second-order valence-corrected chi connectivity index (χ2v) is 5.21. The summed E-state index contributed by atoms with van der Waals surface area (Å²) in [5.74, 6) is -0.426. The van der Waals surface area contributed by atoms with Crippen LogP contribution in [0.15, 0.2) is 45.9 Å². The minimum atomic E-state index is -4.58. The highest BCUT2D eigenvalue weighted by Crippen LogP contribution is 2.27. The number of alkyl halides is 3. The third kappa shape index (κ3) is 4.17. The number of nitrogens with zero attached hydrogens (tertiary/aromatic N) is 2. The Balaban J connectivity index is 2.14. The number of rotatable bonds is 3. The lowest BCUT2D eigenvalue weighted by molar-refractivity contribution is -0.138. The van der Waals surface area contributed by atoms with Gasteiger partial charge < -0.3 is 9.88 Å². The van der Waals surface area contributed by atoms with Crippen molar-refractivity contribution >= 4 is 27.7 Å². The number of anilines is 1. The predicted molar refractivity (Wildman–Crippen MR) is 76.3 cm³/mol. The van der Waals surface area contributed by atoms with Crippen molar-refractivity contribution in [1.82, 2.24) is 9.55 Å². The van der Waals surface area contributed by atoms with E-state index in [4.69, 9.17) is 0 Å². The third-order valence-electron chi connectivity index (χ3n) is 2.62. The van der Waals surface area contributed by atoms with Gasteiger partial charge in [-0.2, -0.15) is 13.2 Å². The van der Waals surface area contributed by atoms with Gasteiger partial charge in [-0.25, -0.2) is 4.98 Å². The zero-order chi connectivity index (χ0) is 16.3. The van der Waals surface area contributed by atoms with Crippen molar-refractivity contribution in [2.75, 3.05) is 5.32 Å². The van der Waals surface area contributed by atoms with E-state index in [0.717, 1.165) is 6.07 Å². The Hall–Kier alpha value is -2.16. The van der Waals surface area contributed by atoms with Crippen LogP contribution in [-0.2, 0) is 17.5 Å². The maximum absolute atomic E-state index is 12.6. The van der Waals surface area contributed by atoms with Crippen molar-refractivity contribution in [1.29, 1.82) is 0 Å². The van der Waals surface area contributed by atoms with Crippen molar-refractivity contribution < 1.29 is 18.0 Å². The highest BCUT2D eigenvalue weighted by atomic mass is 79.9. The number of halogens is 4.